The molecule has 0 radical (unpaired) electrons. The number of nitrogens with zero attached hydrogens (tertiary/aromatic N) is 1. The average Bonchev–Trinajstić information content (AvgIpc) is 2.68. The quantitative estimate of drug-likeness (QED) is 0.866. The van der Waals surface area contributed by atoms with Crippen LogP contribution in [0.1, 0.15) is 28.8 Å². The van der Waals surface area contributed by atoms with Crippen LogP contribution in [0, 0.1) is 5.92 Å². The molecule has 0 atom stereocenters. The highest BCUT2D eigenvalue weighted by Crippen LogP contribution is 2.20. The molecule has 2 aromatic carbocycles. The second kappa shape index (κ2) is 8.52. The van der Waals surface area contributed by atoms with Crippen LogP contribution in [-0.2, 0) is 11.2 Å². The Morgan fingerprint density at radius 3 is 2.35 bits per heavy atom. The zero-order chi connectivity index (χ0) is 18.4. The van der Waals surface area contributed by atoms with Crippen LogP contribution in [0.25, 0.3) is 0 Å². The molecule has 1 saturated heterocycles. The van der Waals surface area contributed by atoms with E-state index in [9.17, 15) is 14.7 Å². The highest BCUT2D eigenvalue weighted by Gasteiger charge is 2.24. The molecule has 3 rings (SSSR count). The molecule has 1 heterocycles. The molecule has 136 valence electrons. The van der Waals surface area contributed by atoms with Gasteiger partial charge in [-0.25, -0.2) is 4.79 Å². The fraction of sp³-hybridized carbons (Fsp3) is 0.333. The van der Waals surface area contributed by atoms with E-state index in [1.165, 1.54) is 6.07 Å². The number of aromatic carboxylic acids is 1. The predicted octanol–water partition coefficient (Wildman–Crippen LogP) is 3.24. The first-order valence-corrected chi connectivity index (χ1v) is 8.90. The number of hydrogen-bond acceptors (Lipinski definition) is 3. The van der Waals surface area contributed by atoms with Crippen LogP contribution in [0.15, 0.2) is 54.6 Å². The maximum Gasteiger partial charge on any atom is 0.335 e. The van der Waals surface area contributed by atoms with Crippen molar-refractivity contribution >= 4 is 11.9 Å². The van der Waals surface area contributed by atoms with E-state index >= 15 is 0 Å². The lowest BCUT2D eigenvalue weighted by Gasteiger charge is -2.32. The monoisotopic (exact) mass is 353 g/mol. The van der Waals surface area contributed by atoms with Gasteiger partial charge in [-0.2, -0.15) is 0 Å². The van der Waals surface area contributed by atoms with Crippen LogP contribution >= 0.6 is 0 Å². The molecule has 0 spiro atoms. The Morgan fingerprint density at radius 1 is 1.00 bits per heavy atom. The molecule has 5 heteroatoms. The smallest absolute Gasteiger partial charge is 0.335 e. The molecule has 0 unspecified atom stereocenters. The summed E-state index contributed by atoms with van der Waals surface area (Å²) in [7, 11) is 0. The number of para-hydroxylation sites is 1. The Kier molecular flexibility index (Phi) is 5.89. The van der Waals surface area contributed by atoms with E-state index in [0.29, 0.717) is 31.2 Å². The summed E-state index contributed by atoms with van der Waals surface area (Å²) in [5.74, 6) is 0.299. The number of rotatable bonds is 6. The highest BCUT2D eigenvalue weighted by molar-refractivity contribution is 5.91. The van der Waals surface area contributed by atoms with Crippen LogP contribution in [0.3, 0.4) is 0 Å². The van der Waals surface area contributed by atoms with Gasteiger partial charge in [0.15, 0.2) is 0 Å². The van der Waals surface area contributed by atoms with Crippen molar-refractivity contribution in [3.05, 3.63) is 65.7 Å². The molecule has 0 aromatic heterocycles. The Hall–Kier alpha value is -2.82. The summed E-state index contributed by atoms with van der Waals surface area (Å²) < 4.78 is 5.81. The highest BCUT2D eigenvalue weighted by atomic mass is 16.5. The summed E-state index contributed by atoms with van der Waals surface area (Å²) in [5.41, 5.74) is 0.770. The number of benzene rings is 2. The Labute approximate surface area is 153 Å². The Morgan fingerprint density at radius 2 is 1.65 bits per heavy atom. The molecule has 1 amide bonds. The van der Waals surface area contributed by atoms with Crippen molar-refractivity contribution in [3.63, 3.8) is 0 Å². The number of carbonyl (C=O) groups is 2. The topological polar surface area (TPSA) is 66.8 Å². The number of carboxylic acid groups (broad SMARTS) is 1. The molecular weight excluding hydrogens is 330 g/mol. The number of hydrogen-bond donors (Lipinski definition) is 1. The van der Waals surface area contributed by atoms with Gasteiger partial charge in [0.05, 0.1) is 18.6 Å². The van der Waals surface area contributed by atoms with Gasteiger partial charge in [-0.15, -0.1) is 0 Å². The lowest BCUT2D eigenvalue weighted by molar-refractivity contribution is -0.132. The van der Waals surface area contributed by atoms with E-state index in [1.54, 1.807) is 18.2 Å². The van der Waals surface area contributed by atoms with Crippen LogP contribution in [0.5, 0.6) is 5.75 Å². The Bertz CT molecular complexity index is 752. The minimum absolute atomic E-state index is 0.0128. The lowest BCUT2D eigenvalue weighted by atomic mass is 9.96. The van der Waals surface area contributed by atoms with E-state index in [2.05, 4.69) is 0 Å². The second-order valence-corrected chi connectivity index (χ2v) is 6.59. The minimum Gasteiger partial charge on any atom is -0.493 e. The number of piperidine rings is 1. The fourth-order valence-corrected chi connectivity index (χ4v) is 3.24. The van der Waals surface area contributed by atoms with Gasteiger partial charge in [0.25, 0.3) is 0 Å². The number of carbonyl (C=O) groups excluding carboxylic acids is 1. The zero-order valence-corrected chi connectivity index (χ0v) is 14.6. The fourth-order valence-electron chi connectivity index (χ4n) is 3.24. The van der Waals surface area contributed by atoms with Crippen LogP contribution < -0.4 is 4.74 Å². The third kappa shape index (κ3) is 4.63. The van der Waals surface area contributed by atoms with Gasteiger partial charge in [0.1, 0.15) is 5.75 Å². The number of likely N-dealkylation sites (tertiary alicyclic amines) is 1. The summed E-state index contributed by atoms with van der Waals surface area (Å²) in [6.07, 6.45) is 1.94. The molecular formula is C21H23NO4. The maximum atomic E-state index is 12.5. The minimum atomic E-state index is -0.995. The average molecular weight is 353 g/mol. The first-order valence-electron chi connectivity index (χ1n) is 8.90. The molecule has 1 aliphatic heterocycles. The Balaban J connectivity index is 1.49. The van der Waals surface area contributed by atoms with Gasteiger partial charge >= 0.3 is 5.97 Å². The van der Waals surface area contributed by atoms with Crippen molar-refractivity contribution in [2.24, 2.45) is 5.92 Å². The normalized spacial score (nSPS) is 14.8. The zero-order valence-electron chi connectivity index (χ0n) is 14.6. The predicted molar refractivity (Wildman–Crippen MR) is 98.3 cm³/mol. The van der Waals surface area contributed by atoms with Crippen molar-refractivity contribution in [2.45, 2.75) is 19.3 Å². The van der Waals surface area contributed by atoms with Gasteiger partial charge < -0.3 is 14.7 Å². The molecule has 5 nitrogen and oxygen atoms in total. The largest absolute Gasteiger partial charge is 0.493 e. The van der Waals surface area contributed by atoms with Gasteiger partial charge in [-0.1, -0.05) is 36.4 Å². The molecule has 1 N–H and O–H groups in total. The van der Waals surface area contributed by atoms with Crippen molar-refractivity contribution in [2.75, 3.05) is 19.7 Å². The second-order valence-electron chi connectivity index (χ2n) is 6.59. The molecule has 0 bridgehead atoms. The maximum absolute atomic E-state index is 12.5. The van der Waals surface area contributed by atoms with E-state index in [-0.39, 0.29) is 17.9 Å². The van der Waals surface area contributed by atoms with Crippen LogP contribution in [-0.4, -0.2) is 41.6 Å². The SMILES string of the molecule is O=C(O)c1ccccc1CC(=O)N1CCC(COc2ccccc2)CC1. The number of carboxylic acids is 1. The molecule has 1 aliphatic rings. The van der Waals surface area contributed by atoms with Gasteiger partial charge in [-0.05, 0) is 42.5 Å². The number of amides is 1. The van der Waals surface area contributed by atoms with Crippen LogP contribution in [0.4, 0.5) is 0 Å². The summed E-state index contributed by atoms with van der Waals surface area (Å²) in [6, 6.07) is 16.4. The summed E-state index contributed by atoms with van der Waals surface area (Å²) in [5, 5.41) is 9.24. The first-order chi connectivity index (χ1) is 12.6. The molecule has 1 fully saturated rings. The van der Waals surface area contributed by atoms with E-state index in [0.717, 1.165) is 18.6 Å². The van der Waals surface area contributed by atoms with Crippen molar-refractivity contribution in [1.29, 1.82) is 0 Å². The summed E-state index contributed by atoms with van der Waals surface area (Å²) in [6.45, 7) is 2.04. The van der Waals surface area contributed by atoms with Gasteiger partial charge in [0, 0.05) is 13.1 Å². The van der Waals surface area contributed by atoms with Crippen molar-refractivity contribution < 1.29 is 19.4 Å². The van der Waals surface area contributed by atoms with Crippen molar-refractivity contribution in [3.8, 4) is 5.75 Å². The summed E-state index contributed by atoms with van der Waals surface area (Å²) in [4.78, 5) is 25.6. The van der Waals surface area contributed by atoms with Gasteiger partial charge in [0.2, 0.25) is 5.91 Å². The molecule has 2 aromatic rings. The van der Waals surface area contributed by atoms with Crippen molar-refractivity contribution in [1.82, 2.24) is 4.90 Å². The summed E-state index contributed by atoms with van der Waals surface area (Å²) >= 11 is 0. The first kappa shape index (κ1) is 18.0. The van der Waals surface area contributed by atoms with Crippen LogP contribution in [0.2, 0.25) is 0 Å². The number of ether oxygens (including phenoxy) is 1. The lowest BCUT2D eigenvalue weighted by Crippen LogP contribution is -2.40. The standard InChI is InChI=1S/C21H23NO4/c23-20(14-17-6-4-5-9-19(17)21(24)25)22-12-10-16(11-13-22)15-26-18-7-2-1-3-8-18/h1-9,16H,10-15H2,(H,24,25). The molecule has 26 heavy (non-hydrogen) atoms. The third-order valence-corrected chi connectivity index (χ3v) is 4.79. The third-order valence-electron chi connectivity index (χ3n) is 4.79. The molecule has 0 saturated carbocycles. The van der Waals surface area contributed by atoms with Gasteiger partial charge in [-0.3, -0.25) is 4.79 Å². The van der Waals surface area contributed by atoms with E-state index in [4.69, 9.17) is 4.74 Å². The van der Waals surface area contributed by atoms with E-state index in [1.807, 2.05) is 35.2 Å². The van der Waals surface area contributed by atoms with E-state index < -0.39 is 5.97 Å². The molecule has 0 aliphatic carbocycles.